The molecule has 2 heterocycles. The van der Waals surface area contributed by atoms with Crippen molar-refractivity contribution in [3.8, 4) is 0 Å². The number of amides is 1. The van der Waals surface area contributed by atoms with E-state index < -0.39 is 6.09 Å². The second-order valence-corrected chi connectivity index (χ2v) is 7.11. The Kier molecular flexibility index (Phi) is 4.49. The van der Waals surface area contributed by atoms with E-state index in [0.717, 1.165) is 18.5 Å². The van der Waals surface area contributed by atoms with Gasteiger partial charge in [0.1, 0.15) is 5.82 Å². The molecule has 1 saturated heterocycles. The molecule has 1 aromatic heterocycles. The number of anilines is 2. The number of carbonyl (C=O) groups is 1. The fraction of sp³-hybridized carbons (Fsp3) is 0.625. The smallest absolute Gasteiger partial charge is 0.407 e. The minimum atomic E-state index is -0.841. The van der Waals surface area contributed by atoms with Crippen LogP contribution in [0.5, 0.6) is 0 Å². The van der Waals surface area contributed by atoms with Crippen LogP contribution in [0, 0.1) is 12.3 Å². The molecule has 122 valence electrons. The molecule has 1 aromatic rings. The first kappa shape index (κ1) is 16.4. The normalized spacial score (nSPS) is 22.5. The van der Waals surface area contributed by atoms with Crippen LogP contribution in [0.25, 0.3) is 0 Å². The van der Waals surface area contributed by atoms with Crippen LogP contribution >= 0.6 is 0 Å². The zero-order valence-electron chi connectivity index (χ0n) is 13.8. The van der Waals surface area contributed by atoms with E-state index in [4.69, 9.17) is 5.73 Å². The van der Waals surface area contributed by atoms with Gasteiger partial charge in [-0.25, -0.2) is 9.78 Å². The number of nitrogens with zero attached hydrogens (tertiary/aromatic N) is 2. The Bertz CT molecular complexity index is 554. The fourth-order valence-corrected chi connectivity index (χ4v) is 3.02. The van der Waals surface area contributed by atoms with E-state index in [1.807, 2.05) is 19.1 Å². The van der Waals surface area contributed by atoms with E-state index in [2.05, 4.69) is 31.1 Å². The zero-order valence-corrected chi connectivity index (χ0v) is 13.8. The number of piperidine rings is 1. The molecule has 6 heteroatoms. The molecule has 0 bridgehead atoms. The third-order valence-corrected chi connectivity index (χ3v) is 4.25. The Morgan fingerprint density at radius 1 is 1.45 bits per heavy atom. The Balaban J connectivity index is 2.14. The van der Waals surface area contributed by atoms with Crippen LogP contribution in [0.4, 0.5) is 16.3 Å². The number of aromatic nitrogens is 1. The summed E-state index contributed by atoms with van der Waals surface area (Å²) in [6.45, 7) is 8.69. The van der Waals surface area contributed by atoms with Crippen LogP contribution < -0.4 is 11.1 Å². The van der Waals surface area contributed by atoms with Gasteiger partial charge in [0, 0.05) is 24.3 Å². The lowest BCUT2D eigenvalue weighted by Crippen LogP contribution is -2.54. The average molecular weight is 306 g/mol. The van der Waals surface area contributed by atoms with E-state index in [1.54, 1.807) is 4.90 Å². The number of carboxylic acid groups (broad SMARTS) is 1. The van der Waals surface area contributed by atoms with E-state index in [9.17, 15) is 9.90 Å². The first-order valence-electron chi connectivity index (χ1n) is 7.67. The van der Waals surface area contributed by atoms with Crippen molar-refractivity contribution >= 4 is 17.6 Å². The molecule has 1 amide bonds. The van der Waals surface area contributed by atoms with Crippen molar-refractivity contribution < 1.29 is 9.90 Å². The van der Waals surface area contributed by atoms with Crippen LogP contribution in [-0.2, 0) is 0 Å². The summed E-state index contributed by atoms with van der Waals surface area (Å²) in [6.07, 6.45) is 0.672. The minimum absolute atomic E-state index is 0.0257. The number of hydrogen-bond acceptors (Lipinski definition) is 4. The molecule has 0 saturated carbocycles. The highest BCUT2D eigenvalue weighted by molar-refractivity contribution is 5.66. The largest absolute Gasteiger partial charge is 0.465 e. The Labute approximate surface area is 131 Å². The van der Waals surface area contributed by atoms with Gasteiger partial charge in [-0.15, -0.1) is 0 Å². The maximum atomic E-state index is 11.4. The van der Waals surface area contributed by atoms with Crippen molar-refractivity contribution in [3.63, 3.8) is 0 Å². The summed E-state index contributed by atoms with van der Waals surface area (Å²) in [6, 6.07) is 3.88. The molecule has 6 nitrogen and oxygen atoms in total. The Morgan fingerprint density at radius 2 is 2.14 bits per heavy atom. The van der Waals surface area contributed by atoms with Gasteiger partial charge in [0.25, 0.3) is 0 Å². The molecule has 2 atom stereocenters. The van der Waals surface area contributed by atoms with E-state index in [-0.39, 0.29) is 17.5 Å². The molecular weight excluding hydrogens is 280 g/mol. The van der Waals surface area contributed by atoms with E-state index in [0.29, 0.717) is 18.1 Å². The molecular formula is C16H26N4O2. The van der Waals surface area contributed by atoms with Gasteiger partial charge in [0.15, 0.2) is 0 Å². The summed E-state index contributed by atoms with van der Waals surface area (Å²) in [7, 11) is 0. The SMILES string of the molecule is Cc1ccc(N)c(NC2CCN(C(=O)O)C(C(C)(C)C)C2)n1. The topological polar surface area (TPSA) is 91.5 Å². The number of aryl methyl sites for hydroxylation is 1. The monoisotopic (exact) mass is 306 g/mol. The first-order chi connectivity index (χ1) is 10.2. The number of hydrogen-bond donors (Lipinski definition) is 3. The Hall–Kier alpha value is -1.98. The van der Waals surface area contributed by atoms with Crippen molar-refractivity contribution in [2.75, 3.05) is 17.6 Å². The molecule has 0 aromatic carbocycles. The molecule has 1 aliphatic rings. The van der Waals surface area contributed by atoms with Gasteiger partial charge in [0.05, 0.1) is 5.69 Å². The van der Waals surface area contributed by atoms with Crippen molar-refractivity contribution in [1.29, 1.82) is 0 Å². The second-order valence-electron chi connectivity index (χ2n) is 7.11. The number of rotatable bonds is 2. The molecule has 0 radical (unpaired) electrons. The highest BCUT2D eigenvalue weighted by Crippen LogP contribution is 2.33. The minimum Gasteiger partial charge on any atom is -0.465 e. The van der Waals surface area contributed by atoms with Crippen molar-refractivity contribution in [2.45, 2.75) is 52.6 Å². The lowest BCUT2D eigenvalue weighted by atomic mass is 9.79. The number of nitrogens with one attached hydrogen (secondary N) is 1. The zero-order chi connectivity index (χ0) is 16.5. The summed E-state index contributed by atoms with van der Waals surface area (Å²) in [5.41, 5.74) is 7.40. The van der Waals surface area contributed by atoms with Gasteiger partial charge in [-0.3, -0.25) is 0 Å². The molecule has 22 heavy (non-hydrogen) atoms. The lowest BCUT2D eigenvalue weighted by molar-refractivity contribution is 0.0557. The molecule has 2 rings (SSSR count). The van der Waals surface area contributed by atoms with Gasteiger partial charge < -0.3 is 21.1 Å². The number of likely N-dealkylation sites (tertiary alicyclic amines) is 1. The summed E-state index contributed by atoms with van der Waals surface area (Å²) in [4.78, 5) is 17.5. The maximum absolute atomic E-state index is 11.4. The van der Waals surface area contributed by atoms with E-state index >= 15 is 0 Å². The summed E-state index contributed by atoms with van der Waals surface area (Å²) >= 11 is 0. The van der Waals surface area contributed by atoms with Crippen molar-refractivity contribution in [3.05, 3.63) is 17.8 Å². The van der Waals surface area contributed by atoms with Crippen molar-refractivity contribution in [2.24, 2.45) is 5.41 Å². The summed E-state index contributed by atoms with van der Waals surface area (Å²) < 4.78 is 0. The predicted molar refractivity (Wildman–Crippen MR) is 88.0 cm³/mol. The highest BCUT2D eigenvalue weighted by atomic mass is 16.4. The van der Waals surface area contributed by atoms with Gasteiger partial charge in [0.2, 0.25) is 0 Å². The van der Waals surface area contributed by atoms with Crippen LogP contribution in [0.15, 0.2) is 12.1 Å². The quantitative estimate of drug-likeness (QED) is 0.781. The molecule has 0 spiro atoms. The van der Waals surface area contributed by atoms with Crippen LogP contribution in [-0.4, -0.2) is 39.7 Å². The van der Waals surface area contributed by atoms with Crippen LogP contribution in [0.1, 0.15) is 39.3 Å². The molecule has 1 aliphatic heterocycles. The number of nitrogen functional groups attached to an aromatic ring is 1. The van der Waals surface area contributed by atoms with Gasteiger partial charge in [-0.2, -0.15) is 0 Å². The van der Waals surface area contributed by atoms with Crippen LogP contribution in [0.2, 0.25) is 0 Å². The third-order valence-electron chi connectivity index (χ3n) is 4.25. The first-order valence-corrected chi connectivity index (χ1v) is 7.67. The van der Waals surface area contributed by atoms with Gasteiger partial charge in [-0.05, 0) is 37.3 Å². The molecule has 2 unspecified atom stereocenters. The summed E-state index contributed by atoms with van der Waals surface area (Å²) in [5, 5.41) is 12.8. The summed E-state index contributed by atoms with van der Waals surface area (Å²) in [5.74, 6) is 0.696. The second kappa shape index (κ2) is 6.02. The average Bonchev–Trinajstić information content (AvgIpc) is 2.41. The third kappa shape index (κ3) is 3.61. The molecule has 0 aliphatic carbocycles. The fourth-order valence-electron chi connectivity index (χ4n) is 3.02. The van der Waals surface area contributed by atoms with E-state index in [1.165, 1.54) is 0 Å². The number of nitrogens with two attached hydrogens (primary N) is 1. The number of pyridine rings is 1. The Morgan fingerprint density at radius 3 is 2.73 bits per heavy atom. The standard InChI is InChI=1S/C16H26N4O2/c1-10-5-6-12(17)14(18-10)19-11-7-8-20(15(21)22)13(9-11)16(2,3)4/h5-6,11,13H,7-9,17H2,1-4H3,(H,18,19)(H,21,22). The van der Waals surface area contributed by atoms with Crippen LogP contribution in [0.3, 0.4) is 0 Å². The van der Waals surface area contributed by atoms with Crippen molar-refractivity contribution in [1.82, 2.24) is 9.88 Å². The molecule has 4 N–H and O–H groups in total. The molecule has 1 fully saturated rings. The predicted octanol–water partition coefficient (Wildman–Crippen LogP) is 2.94. The van der Waals surface area contributed by atoms with Gasteiger partial charge >= 0.3 is 6.09 Å². The maximum Gasteiger partial charge on any atom is 0.407 e. The lowest BCUT2D eigenvalue weighted by Gasteiger charge is -2.44. The van der Waals surface area contributed by atoms with Gasteiger partial charge in [-0.1, -0.05) is 20.8 Å². The highest BCUT2D eigenvalue weighted by Gasteiger charge is 2.38.